The molecule has 2 aromatic rings. The van der Waals surface area contributed by atoms with E-state index in [4.69, 9.17) is 4.74 Å². The van der Waals surface area contributed by atoms with Gasteiger partial charge < -0.3 is 20.7 Å². The van der Waals surface area contributed by atoms with Gasteiger partial charge >= 0.3 is 0 Å². The minimum absolute atomic E-state index is 0.200. The molecule has 2 aromatic carbocycles. The van der Waals surface area contributed by atoms with Crippen molar-refractivity contribution in [1.29, 1.82) is 0 Å². The van der Waals surface area contributed by atoms with Crippen LogP contribution in [-0.2, 0) is 20.8 Å². The third-order valence-corrected chi connectivity index (χ3v) is 3.66. The standard InChI is InChI=1S/C20H23N3O4/c1-14(24)22-16-6-4-7-17(12-16)23-20(26)13-19(25)21-10-9-15-5-3-8-18(11-15)27-2/h3-8,11-12H,9-10,13H2,1-2H3,(H,21,25)(H,22,24)(H,23,26). The Hall–Kier alpha value is -3.35. The van der Waals surface area contributed by atoms with Gasteiger partial charge in [-0.25, -0.2) is 0 Å². The Morgan fingerprint density at radius 3 is 2.33 bits per heavy atom. The molecule has 0 aromatic heterocycles. The second-order valence-corrected chi connectivity index (χ2v) is 5.94. The van der Waals surface area contributed by atoms with Crippen molar-refractivity contribution in [1.82, 2.24) is 5.32 Å². The van der Waals surface area contributed by atoms with Crippen molar-refractivity contribution in [2.24, 2.45) is 0 Å². The van der Waals surface area contributed by atoms with Gasteiger partial charge in [-0.3, -0.25) is 14.4 Å². The molecule has 0 saturated carbocycles. The van der Waals surface area contributed by atoms with Crippen molar-refractivity contribution in [3.63, 3.8) is 0 Å². The van der Waals surface area contributed by atoms with Crippen molar-refractivity contribution >= 4 is 29.1 Å². The number of carbonyl (C=O) groups excluding carboxylic acids is 3. The van der Waals surface area contributed by atoms with E-state index in [0.29, 0.717) is 24.3 Å². The molecule has 0 radical (unpaired) electrons. The molecule has 7 nitrogen and oxygen atoms in total. The van der Waals surface area contributed by atoms with E-state index < -0.39 is 5.91 Å². The molecule has 0 saturated heterocycles. The molecular weight excluding hydrogens is 346 g/mol. The molecule has 3 amide bonds. The van der Waals surface area contributed by atoms with E-state index in [2.05, 4.69) is 16.0 Å². The molecule has 0 aliphatic carbocycles. The number of hydrogen-bond donors (Lipinski definition) is 3. The molecule has 0 aliphatic heterocycles. The topological polar surface area (TPSA) is 96.5 Å². The lowest BCUT2D eigenvalue weighted by molar-refractivity contribution is -0.126. The van der Waals surface area contributed by atoms with Crippen LogP contribution in [0.5, 0.6) is 5.75 Å². The molecule has 3 N–H and O–H groups in total. The van der Waals surface area contributed by atoms with Gasteiger partial charge in [-0.1, -0.05) is 18.2 Å². The second kappa shape index (κ2) is 9.96. The molecule has 142 valence electrons. The summed E-state index contributed by atoms with van der Waals surface area (Å²) >= 11 is 0. The van der Waals surface area contributed by atoms with Crippen LogP contribution < -0.4 is 20.7 Å². The van der Waals surface area contributed by atoms with E-state index in [-0.39, 0.29) is 18.2 Å². The lowest BCUT2D eigenvalue weighted by Gasteiger charge is -2.09. The highest BCUT2D eigenvalue weighted by Crippen LogP contribution is 2.15. The van der Waals surface area contributed by atoms with Gasteiger partial charge in [0.15, 0.2) is 0 Å². The molecule has 27 heavy (non-hydrogen) atoms. The molecule has 2 rings (SSSR count). The molecule has 0 unspecified atom stereocenters. The van der Waals surface area contributed by atoms with Gasteiger partial charge in [0.2, 0.25) is 17.7 Å². The second-order valence-electron chi connectivity index (χ2n) is 5.94. The molecule has 7 heteroatoms. The maximum atomic E-state index is 12.0. The normalized spacial score (nSPS) is 10.0. The zero-order valence-electron chi connectivity index (χ0n) is 15.4. The Balaban J connectivity index is 1.76. The third-order valence-electron chi connectivity index (χ3n) is 3.66. The number of anilines is 2. The SMILES string of the molecule is COc1cccc(CCNC(=O)CC(=O)Nc2cccc(NC(C)=O)c2)c1. The summed E-state index contributed by atoms with van der Waals surface area (Å²) in [5.41, 5.74) is 2.12. The highest BCUT2D eigenvalue weighted by Gasteiger charge is 2.10. The van der Waals surface area contributed by atoms with E-state index >= 15 is 0 Å². The lowest BCUT2D eigenvalue weighted by Crippen LogP contribution is -2.29. The number of methoxy groups -OCH3 is 1. The summed E-state index contributed by atoms with van der Waals surface area (Å²) in [4.78, 5) is 35.0. The van der Waals surface area contributed by atoms with Crippen LogP contribution in [-0.4, -0.2) is 31.4 Å². The van der Waals surface area contributed by atoms with Gasteiger partial charge in [0.05, 0.1) is 7.11 Å². The Morgan fingerprint density at radius 1 is 0.926 bits per heavy atom. The fourth-order valence-corrected chi connectivity index (χ4v) is 2.47. The van der Waals surface area contributed by atoms with Crippen LogP contribution in [0, 0.1) is 0 Å². The van der Waals surface area contributed by atoms with Gasteiger partial charge in [-0.2, -0.15) is 0 Å². The number of amides is 3. The number of benzene rings is 2. The molecule has 0 bridgehead atoms. The predicted octanol–water partition coefficient (Wildman–Crippen LogP) is 2.34. The highest BCUT2D eigenvalue weighted by atomic mass is 16.5. The summed E-state index contributed by atoms with van der Waals surface area (Å²) < 4.78 is 5.16. The fourth-order valence-electron chi connectivity index (χ4n) is 2.47. The van der Waals surface area contributed by atoms with Crippen LogP contribution in [0.4, 0.5) is 11.4 Å². The first-order chi connectivity index (χ1) is 13.0. The monoisotopic (exact) mass is 369 g/mol. The van der Waals surface area contributed by atoms with Gasteiger partial charge in [0.25, 0.3) is 0 Å². The molecular formula is C20H23N3O4. The van der Waals surface area contributed by atoms with Gasteiger partial charge in [0.1, 0.15) is 12.2 Å². The number of nitrogens with one attached hydrogen (secondary N) is 3. The third kappa shape index (κ3) is 7.19. The van der Waals surface area contributed by atoms with Crippen LogP contribution in [0.3, 0.4) is 0 Å². The van der Waals surface area contributed by atoms with E-state index in [0.717, 1.165) is 11.3 Å². The van der Waals surface area contributed by atoms with Crippen molar-refractivity contribution in [2.75, 3.05) is 24.3 Å². The average Bonchev–Trinajstić information content (AvgIpc) is 2.61. The largest absolute Gasteiger partial charge is 0.497 e. The molecule has 0 heterocycles. The van der Waals surface area contributed by atoms with Crippen LogP contribution in [0.2, 0.25) is 0 Å². The Bertz CT molecular complexity index is 820. The first-order valence-electron chi connectivity index (χ1n) is 8.53. The molecule has 0 atom stereocenters. The fraction of sp³-hybridized carbons (Fsp3) is 0.250. The van der Waals surface area contributed by atoms with Crippen molar-refractivity contribution < 1.29 is 19.1 Å². The van der Waals surface area contributed by atoms with E-state index in [1.54, 1.807) is 31.4 Å². The van der Waals surface area contributed by atoms with Crippen LogP contribution in [0.25, 0.3) is 0 Å². The van der Waals surface area contributed by atoms with Crippen molar-refractivity contribution in [2.45, 2.75) is 19.8 Å². The highest BCUT2D eigenvalue weighted by molar-refractivity contribution is 6.03. The lowest BCUT2D eigenvalue weighted by atomic mass is 10.1. The van der Waals surface area contributed by atoms with Gasteiger partial charge in [0, 0.05) is 24.8 Å². The van der Waals surface area contributed by atoms with E-state index in [1.807, 2.05) is 24.3 Å². The van der Waals surface area contributed by atoms with Crippen molar-refractivity contribution in [3.8, 4) is 5.75 Å². The van der Waals surface area contributed by atoms with E-state index in [9.17, 15) is 14.4 Å². The zero-order valence-corrected chi connectivity index (χ0v) is 15.4. The molecule has 0 aliphatic rings. The zero-order chi connectivity index (χ0) is 19.6. The first kappa shape index (κ1) is 20.0. The maximum Gasteiger partial charge on any atom is 0.233 e. The number of hydrogen-bond acceptors (Lipinski definition) is 4. The maximum absolute atomic E-state index is 12.0. The van der Waals surface area contributed by atoms with Crippen LogP contribution in [0.15, 0.2) is 48.5 Å². The quantitative estimate of drug-likeness (QED) is 0.622. The minimum atomic E-state index is -0.422. The summed E-state index contributed by atoms with van der Waals surface area (Å²) in [7, 11) is 1.60. The predicted molar refractivity (Wildman–Crippen MR) is 104 cm³/mol. The molecule has 0 spiro atoms. The first-order valence-corrected chi connectivity index (χ1v) is 8.53. The van der Waals surface area contributed by atoms with E-state index in [1.165, 1.54) is 6.92 Å². The van der Waals surface area contributed by atoms with Gasteiger partial charge in [-0.15, -0.1) is 0 Å². The van der Waals surface area contributed by atoms with Crippen LogP contribution in [0.1, 0.15) is 18.9 Å². The summed E-state index contributed by atoms with van der Waals surface area (Å²) in [6, 6.07) is 14.3. The summed E-state index contributed by atoms with van der Waals surface area (Å²) in [5.74, 6) is -0.212. The minimum Gasteiger partial charge on any atom is -0.497 e. The summed E-state index contributed by atoms with van der Waals surface area (Å²) in [6.45, 7) is 1.83. The smallest absolute Gasteiger partial charge is 0.233 e. The number of ether oxygens (including phenoxy) is 1. The average molecular weight is 369 g/mol. The summed E-state index contributed by atoms with van der Waals surface area (Å²) in [6.07, 6.45) is 0.367. The van der Waals surface area contributed by atoms with Crippen molar-refractivity contribution in [3.05, 3.63) is 54.1 Å². The van der Waals surface area contributed by atoms with Gasteiger partial charge in [-0.05, 0) is 42.3 Å². The number of rotatable bonds is 8. The Morgan fingerprint density at radius 2 is 1.63 bits per heavy atom. The van der Waals surface area contributed by atoms with Crippen LogP contribution >= 0.6 is 0 Å². The number of carbonyl (C=O) groups is 3. The summed E-state index contributed by atoms with van der Waals surface area (Å²) in [5, 5.41) is 8.00. The Kier molecular flexibility index (Phi) is 7.37. The Labute approximate surface area is 158 Å². The molecule has 0 fully saturated rings.